The standard InChI is InChI=1S/C13H14N2/c1-13(2)6-5-9-10-4-3-7-14-12(10)15-11(9)8-13/h3-7H,8H2,1-2H3,(H,14,15). The van der Waals surface area contributed by atoms with Crippen LogP contribution in [0.4, 0.5) is 0 Å². The molecule has 1 N–H and O–H groups in total. The molecule has 3 rings (SSSR count). The van der Waals surface area contributed by atoms with E-state index >= 15 is 0 Å². The van der Waals surface area contributed by atoms with Crippen LogP contribution in [0.25, 0.3) is 17.1 Å². The largest absolute Gasteiger partial charge is 0.343 e. The zero-order chi connectivity index (χ0) is 10.5. The minimum Gasteiger partial charge on any atom is -0.343 e. The van der Waals surface area contributed by atoms with E-state index in [1.165, 1.54) is 16.6 Å². The average Bonchev–Trinajstić information content (AvgIpc) is 2.52. The molecular formula is C13H14N2. The van der Waals surface area contributed by atoms with Crippen LogP contribution in [0.2, 0.25) is 0 Å². The van der Waals surface area contributed by atoms with Gasteiger partial charge in [-0.05, 0) is 24.0 Å². The van der Waals surface area contributed by atoms with Gasteiger partial charge in [0.2, 0.25) is 0 Å². The van der Waals surface area contributed by atoms with E-state index in [9.17, 15) is 0 Å². The van der Waals surface area contributed by atoms with Crippen LogP contribution in [0.5, 0.6) is 0 Å². The van der Waals surface area contributed by atoms with Crippen LogP contribution in [0.1, 0.15) is 25.1 Å². The molecule has 0 aromatic carbocycles. The van der Waals surface area contributed by atoms with Crippen LogP contribution in [-0.2, 0) is 6.42 Å². The molecule has 76 valence electrons. The first-order chi connectivity index (χ1) is 7.16. The molecule has 0 aliphatic heterocycles. The second-order valence-electron chi connectivity index (χ2n) is 4.92. The number of hydrogen-bond acceptors (Lipinski definition) is 1. The van der Waals surface area contributed by atoms with E-state index in [0.717, 1.165) is 12.1 Å². The summed E-state index contributed by atoms with van der Waals surface area (Å²) in [4.78, 5) is 7.75. The Balaban J connectivity index is 2.28. The number of allylic oxidation sites excluding steroid dienone is 1. The lowest BCUT2D eigenvalue weighted by molar-refractivity contribution is 0.470. The summed E-state index contributed by atoms with van der Waals surface area (Å²) < 4.78 is 0. The molecule has 0 bridgehead atoms. The van der Waals surface area contributed by atoms with Crippen molar-refractivity contribution in [3.8, 4) is 0 Å². The number of H-pyrrole nitrogens is 1. The molecule has 1 aliphatic rings. The van der Waals surface area contributed by atoms with Gasteiger partial charge in [0.1, 0.15) is 5.65 Å². The van der Waals surface area contributed by atoms with Crippen molar-refractivity contribution in [2.24, 2.45) is 5.41 Å². The van der Waals surface area contributed by atoms with E-state index in [2.05, 4.69) is 42.0 Å². The molecule has 2 nitrogen and oxygen atoms in total. The van der Waals surface area contributed by atoms with Gasteiger partial charge in [0.25, 0.3) is 0 Å². The smallest absolute Gasteiger partial charge is 0.138 e. The van der Waals surface area contributed by atoms with Crippen molar-refractivity contribution in [2.45, 2.75) is 20.3 Å². The summed E-state index contributed by atoms with van der Waals surface area (Å²) in [6.45, 7) is 4.51. The number of aromatic nitrogens is 2. The molecule has 0 atom stereocenters. The van der Waals surface area contributed by atoms with E-state index in [0.29, 0.717) is 0 Å². The predicted molar refractivity (Wildman–Crippen MR) is 62.6 cm³/mol. The van der Waals surface area contributed by atoms with E-state index in [4.69, 9.17) is 0 Å². The summed E-state index contributed by atoms with van der Waals surface area (Å²) in [5.74, 6) is 0. The molecule has 0 amide bonds. The highest BCUT2D eigenvalue weighted by atomic mass is 14.9. The minimum atomic E-state index is 0.258. The van der Waals surface area contributed by atoms with Gasteiger partial charge in [-0.25, -0.2) is 4.98 Å². The van der Waals surface area contributed by atoms with Crippen LogP contribution in [0, 0.1) is 5.41 Å². The minimum absolute atomic E-state index is 0.258. The zero-order valence-electron chi connectivity index (χ0n) is 9.04. The van der Waals surface area contributed by atoms with E-state index in [1.54, 1.807) is 0 Å². The summed E-state index contributed by atoms with van der Waals surface area (Å²) in [6.07, 6.45) is 7.41. The maximum Gasteiger partial charge on any atom is 0.138 e. The molecule has 0 fully saturated rings. The summed E-state index contributed by atoms with van der Waals surface area (Å²) in [5, 5.41) is 1.24. The van der Waals surface area contributed by atoms with Crippen LogP contribution in [-0.4, -0.2) is 9.97 Å². The third-order valence-electron chi connectivity index (χ3n) is 3.03. The van der Waals surface area contributed by atoms with E-state index < -0.39 is 0 Å². The Kier molecular flexibility index (Phi) is 1.58. The fraction of sp³-hybridized carbons (Fsp3) is 0.308. The van der Waals surface area contributed by atoms with Crippen LogP contribution in [0.15, 0.2) is 24.4 Å². The summed E-state index contributed by atoms with van der Waals surface area (Å²) >= 11 is 0. The van der Waals surface area contributed by atoms with E-state index in [1.807, 2.05) is 12.3 Å². The van der Waals surface area contributed by atoms with Gasteiger partial charge in [0, 0.05) is 22.8 Å². The van der Waals surface area contributed by atoms with Gasteiger partial charge in [-0.15, -0.1) is 0 Å². The predicted octanol–water partition coefficient (Wildman–Crippen LogP) is 3.16. The number of fused-ring (bicyclic) bond motifs is 3. The lowest BCUT2D eigenvalue weighted by Gasteiger charge is -2.23. The summed E-state index contributed by atoms with van der Waals surface area (Å²) in [6, 6.07) is 4.12. The zero-order valence-corrected chi connectivity index (χ0v) is 9.04. The molecule has 2 aromatic rings. The third-order valence-corrected chi connectivity index (χ3v) is 3.03. The number of nitrogens with one attached hydrogen (secondary N) is 1. The second-order valence-corrected chi connectivity index (χ2v) is 4.92. The molecule has 2 aromatic heterocycles. The molecule has 2 heteroatoms. The van der Waals surface area contributed by atoms with Crippen molar-refractivity contribution >= 4 is 17.1 Å². The Morgan fingerprint density at radius 1 is 1.40 bits per heavy atom. The van der Waals surface area contributed by atoms with Gasteiger partial charge in [-0.3, -0.25) is 0 Å². The first-order valence-electron chi connectivity index (χ1n) is 5.30. The Hall–Kier alpha value is -1.57. The van der Waals surface area contributed by atoms with Crippen LogP contribution < -0.4 is 0 Å². The van der Waals surface area contributed by atoms with E-state index in [-0.39, 0.29) is 5.41 Å². The fourth-order valence-electron chi connectivity index (χ4n) is 2.25. The van der Waals surface area contributed by atoms with Crippen molar-refractivity contribution in [1.29, 1.82) is 0 Å². The first-order valence-corrected chi connectivity index (χ1v) is 5.30. The highest BCUT2D eigenvalue weighted by Crippen LogP contribution is 2.34. The lowest BCUT2D eigenvalue weighted by atomic mass is 9.82. The van der Waals surface area contributed by atoms with Gasteiger partial charge in [0.15, 0.2) is 0 Å². The maximum atomic E-state index is 4.34. The van der Waals surface area contributed by atoms with Crippen molar-refractivity contribution in [3.05, 3.63) is 35.7 Å². The number of rotatable bonds is 0. The molecule has 0 saturated heterocycles. The first kappa shape index (κ1) is 8.72. The average molecular weight is 198 g/mol. The molecule has 0 radical (unpaired) electrons. The van der Waals surface area contributed by atoms with Gasteiger partial charge in [-0.1, -0.05) is 26.0 Å². The van der Waals surface area contributed by atoms with Gasteiger partial charge in [0.05, 0.1) is 0 Å². The van der Waals surface area contributed by atoms with Crippen molar-refractivity contribution in [2.75, 3.05) is 0 Å². The third kappa shape index (κ3) is 1.29. The fourth-order valence-corrected chi connectivity index (χ4v) is 2.25. The normalized spacial score (nSPS) is 18.0. The molecule has 0 saturated carbocycles. The number of pyridine rings is 1. The van der Waals surface area contributed by atoms with Gasteiger partial charge < -0.3 is 4.98 Å². The molecule has 1 aliphatic carbocycles. The highest BCUT2D eigenvalue weighted by molar-refractivity contribution is 5.88. The Morgan fingerprint density at radius 3 is 3.13 bits per heavy atom. The Bertz CT molecular complexity index is 547. The maximum absolute atomic E-state index is 4.34. The molecule has 0 spiro atoms. The topological polar surface area (TPSA) is 28.7 Å². The molecule has 15 heavy (non-hydrogen) atoms. The summed E-state index contributed by atoms with van der Waals surface area (Å²) in [7, 11) is 0. The van der Waals surface area contributed by atoms with Crippen molar-refractivity contribution in [1.82, 2.24) is 9.97 Å². The second kappa shape index (κ2) is 2.72. The van der Waals surface area contributed by atoms with Crippen molar-refractivity contribution in [3.63, 3.8) is 0 Å². The molecule has 2 heterocycles. The molecule has 0 unspecified atom stereocenters. The van der Waals surface area contributed by atoms with Crippen LogP contribution in [0.3, 0.4) is 0 Å². The van der Waals surface area contributed by atoms with Gasteiger partial charge in [-0.2, -0.15) is 0 Å². The van der Waals surface area contributed by atoms with Crippen molar-refractivity contribution < 1.29 is 0 Å². The SMILES string of the molecule is CC1(C)C=Cc2c([nH]c3ncccc23)C1. The quantitative estimate of drug-likeness (QED) is 0.692. The Morgan fingerprint density at radius 2 is 2.27 bits per heavy atom. The van der Waals surface area contributed by atoms with Gasteiger partial charge >= 0.3 is 0 Å². The number of hydrogen-bond donors (Lipinski definition) is 1. The molecular weight excluding hydrogens is 184 g/mol. The van der Waals surface area contributed by atoms with Crippen LogP contribution >= 0.6 is 0 Å². The number of nitrogens with zero attached hydrogens (tertiary/aromatic N) is 1. The Labute approximate surface area is 89.0 Å². The lowest BCUT2D eigenvalue weighted by Crippen LogP contribution is -2.15. The monoisotopic (exact) mass is 198 g/mol. The number of aromatic amines is 1. The highest BCUT2D eigenvalue weighted by Gasteiger charge is 2.23. The summed E-state index contributed by atoms with van der Waals surface area (Å²) in [5.41, 5.74) is 3.90.